The van der Waals surface area contributed by atoms with Crippen molar-refractivity contribution >= 4 is 22.5 Å². The van der Waals surface area contributed by atoms with Crippen molar-refractivity contribution < 1.29 is 9.59 Å². The molecule has 2 aromatic rings. The molecule has 2 rings (SSSR count). The molecule has 0 unspecified atom stereocenters. The summed E-state index contributed by atoms with van der Waals surface area (Å²) in [6, 6.07) is 4.83. The molecule has 86 valence electrons. The topological polar surface area (TPSA) is 67.0 Å². The first-order chi connectivity index (χ1) is 8.00. The van der Waals surface area contributed by atoms with E-state index in [2.05, 4.69) is 4.98 Å². The molecule has 0 fully saturated rings. The zero-order chi connectivity index (χ0) is 12.6. The zero-order valence-electron chi connectivity index (χ0n) is 9.53. The Balaban J connectivity index is 2.83. The van der Waals surface area contributed by atoms with Crippen molar-refractivity contribution in [2.24, 2.45) is 0 Å². The molecular weight excluding hydrogens is 218 g/mol. The number of hydrogen-bond donors (Lipinski definition) is 1. The van der Waals surface area contributed by atoms with E-state index in [1.165, 1.54) is 26.1 Å². The fourth-order valence-corrected chi connectivity index (χ4v) is 1.70. The van der Waals surface area contributed by atoms with Gasteiger partial charge >= 0.3 is 0 Å². The molecule has 0 saturated carbocycles. The summed E-state index contributed by atoms with van der Waals surface area (Å²) >= 11 is 0. The van der Waals surface area contributed by atoms with Crippen LogP contribution >= 0.6 is 0 Å². The molecular formula is C13H11NO3. The highest BCUT2D eigenvalue weighted by Crippen LogP contribution is 2.12. The first-order valence-corrected chi connectivity index (χ1v) is 5.18. The van der Waals surface area contributed by atoms with Gasteiger partial charge in [-0.2, -0.15) is 0 Å². The predicted molar refractivity (Wildman–Crippen MR) is 64.6 cm³/mol. The number of carbonyl (C=O) groups is 2. The highest BCUT2D eigenvalue weighted by molar-refractivity contribution is 6.00. The van der Waals surface area contributed by atoms with Gasteiger partial charge in [-0.25, -0.2) is 0 Å². The molecule has 4 nitrogen and oxygen atoms in total. The van der Waals surface area contributed by atoms with Crippen molar-refractivity contribution in [1.82, 2.24) is 4.98 Å². The van der Waals surface area contributed by atoms with Crippen LogP contribution in [0.25, 0.3) is 10.9 Å². The fourth-order valence-electron chi connectivity index (χ4n) is 1.70. The number of fused-ring (bicyclic) bond motifs is 1. The number of carbonyl (C=O) groups excluding carboxylic acids is 2. The number of aromatic nitrogens is 1. The Morgan fingerprint density at radius 1 is 1.12 bits per heavy atom. The van der Waals surface area contributed by atoms with Gasteiger partial charge in [0.2, 0.25) is 0 Å². The van der Waals surface area contributed by atoms with E-state index in [0.29, 0.717) is 16.5 Å². The summed E-state index contributed by atoms with van der Waals surface area (Å²) in [7, 11) is 0. The van der Waals surface area contributed by atoms with E-state index in [0.717, 1.165) is 0 Å². The van der Waals surface area contributed by atoms with Crippen LogP contribution in [0.5, 0.6) is 0 Å². The number of benzene rings is 1. The van der Waals surface area contributed by atoms with E-state index in [1.54, 1.807) is 12.1 Å². The van der Waals surface area contributed by atoms with Crippen LogP contribution in [0.15, 0.2) is 29.2 Å². The summed E-state index contributed by atoms with van der Waals surface area (Å²) in [4.78, 5) is 37.3. The quantitative estimate of drug-likeness (QED) is 0.800. The van der Waals surface area contributed by atoms with E-state index in [9.17, 15) is 14.4 Å². The summed E-state index contributed by atoms with van der Waals surface area (Å²) in [5.41, 5.74) is 0.848. The van der Waals surface area contributed by atoms with Crippen LogP contribution in [0.4, 0.5) is 0 Å². The van der Waals surface area contributed by atoms with E-state index in [-0.39, 0.29) is 22.6 Å². The number of nitrogens with one attached hydrogen (secondary N) is 1. The molecule has 0 atom stereocenters. The predicted octanol–water partition coefficient (Wildman–Crippen LogP) is 1.93. The van der Waals surface area contributed by atoms with Gasteiger partial charge in [-0.05, 0) is 32.0 Å². The Kier molecular flexibility index (Phi) is 2.63. The van der Waals surface area contributed by atoms with Crippen molar-refractivity contribution in [3.8, 4) is 0 Å². The first kappa shape index (κ1) is 11.3. The smallest absolute Gasteiger partial charge is 0.200 e. The third kappa shape index (κ3) is 1.89. The third-order valence-electron chi connectivity index (χ3n) is 2.67. The molecule has 0 bridgehead atoms. The molecule has 4 heteroatoms. The van der Waals surface area contributed by atoms with Crippen molar-refractivity contribution in [1.29, 1.82) is 0 Å². The average molecular weight is 229 g/mol. The largest absolute Gasteiger partial charge is 0.360 e. The lowest BCUT2D eigenvalue weighted by molar-refractivity contribution is 0.100. The van der Waals surface area contributed by atoms with Gasteiger partial charge in [0.1, 0.15) is 0 Å². The lowest BCUT2D eigenvalue weighted by Crippen LogP contribution is -2.14. The van der Waals surface area contributed by atoms with Gasteiger partial charge in [0.05, 0.1) is 5.56 Å². The maximum Gasteiger partial charge on any atom is 0.200 e. The van der Waals surface area contributed by atoms with Crippen molar-refractivity contribution in [3.63, 3.8) is 0 Å². The third-order valence-corrected chi connectivity index (χ3v) is 2.67. The minimum atomic E-state index is -0.339. The summed E-state index contributed by atoms with van der Waals surface area (Å²) in [5.74, 6) is -0.402. The summed E-state index contributed by atoms with van der Waals surface area (Å²) in [6.45, 7) is 2.77. The summed E-state index contributed by atoms with van der Waals surface area (Å²) in [5, 5.41) is 0.366. The van der Waals surface area contributed by atoms with Gasteiger partial charge in [-0.3, -0.25) is 14.4 Å². The van der Waals surface area contributed by atoms with Crippen LogP contribution in [0.1, 0.15) is 34.6 Å². The molecule has 0 amide bonds. The minimum Gasteiger partial charge on any atom is -0.360 e. The van der Waals surface area contributed by atoms with E-state index >= 15 is 0 Å². The van der Waals surface area contributed by atoms with Gasteiger partial charge in [0.25, 0.3) is 0 Å². The molecule has 1 aromatic heterocycles. The molecule has 1 N–H and O–H groups in total. The van der Waals surface area contributed by atoms with Gasteiger partial charge < -0.3 is 4.98 Å². The first-order valence-electron chi connectivity index (χ1n) is 5.18. The SMILES string of the molecule is CC(=O)c1ccc2[nH]cc(C(C)=O)c(=O)c2c1. The number of Topliss-reactive ketones (excluding diaryl/α,β-unsaturated/α-hetero) is 2. The number of ketones is 2. The number of H-pyrrole nitrogens is 1. The van der Waals surface area contributed by atoms with Crippen LogP contribution in [0.2, 0.25) is 0 Å². The monoisotopic (exact) mass is 229 g/mol. The second-order valence-electron chi connectivity index (χ2n) is 3.90. The molecule has 17 heavy (non-hydrogen) atoms. The maximum atomic E-state index is 12.0. The summed E-state index contributed by atoms with van der Waals surface area (Å²) in [6.07, 6.45) is 1.40. The fraction of sp³-hybridized carbons (Fsp3) is 0.154. The lowest BCUT2D eigenvalue weighted by Gasteiger charge is -2.02. The Bertz CT molecular complexity index is 677. The molecule has 0 aliphatic rings. The maximum absolute atomic E-state index is 12.0. The highest BCUT2D eigenvalue weighted by Gasteiger charge is 2.10. The van der Waals surface area contributed by atoms with Crippen LogP contribution < -0.4 is 5.43 Å². The zero-order valence-corrected chi connectivity index (χ0v) is 9.53. The van der Waals surface area contributed by atoms with Crippen LogP contribution in [-0.2, 0) is 0 Å². The van der Waals surface area contributed by atoms with Crippen LogP contribution in [-0.4, -0.2) is 16.6 Å². The van der Waals surface area contributed by atoms with Crippen LogP contribution in [0.3, 0.4) is 0 Å². The van der Waals surface area contributed by atoms with Gasteiger partial charge in [0.15, 0.2) is 17.0 Å². The molecule has 0 saturated heterocycles. The van der Waals surface area contributed by atoms with Crippen molar-refractivity contribution in [2.45, 2.75) is 13.8 Å². The highest BCUT2D eigenvalue weighted by atomic mass is 16.1. The van der Waals surface area contributed by atoms with Gasteiger partial charge in [0, 0.05) is 22.7 Å². The Morgan fingerprint density at radius 2 is 1.82 bits per heavy atom. The minimum absolute atomic E-state index is 0.109. The van der Waals surface area contributed by atoms with E-state index in [4.69, 9.17) is 0 Å². The Morgan fingerprint density at radius 3 is 2.41 bits per heavy atom. The second kappa shape index (κ2) is 3.97. The lowest BCUT2D eigenvalue weighted by atomic mass is 10.1. The normalized spacial score (nSPS) is 10.5. The molecule has 1 heterocycles. The number of hydrogen-bond acceptors (Lipinski definition) is 3. The van der Waals surface area contributed by atoms with E-state index < -0.39 is 0 Å². The van der Waals surface area contributed by atoms with Crippen molar-refractivity contribution in [3.05, 3.63) is 45.7 Å². The number of rotatable bonds is 2. The molecule has 0 aliphatic carbocycles. The molecule has 1 aromatic carbocycles. The second-order valence-corrected chi connectivity index (χ2v) is 3.90. The standard InChI is InChI=1S/C13H11NO3/c1-7(15)9-3-4-12-10(5-9)13(17)11(6-14-12)8(2)16/h3-6H,1-2H3,(H,14,17). The van der Waals surface area contributed by atoms with Crippen molar-refractivity contribution in [2.75, 3.05) is 0 Å². The van der Waals surface area contributed by atoms with E-state index in [1.807, 2.05) is 0 Å². The Labute approximate surface area is 97.3 Å². The van der Waals surface area contributed by atoms with Gasteiger partial charge in [-0.1, -0.05) is 0 Å². The molecule has 0 radical (unpaired) electrons. The van der Waals surface area contributed by atoms with Gasteiger partial charge in [-0.15, -0.1) is 0 Å². The number of aromatic amines is 1. The van der Waals surface area contributed by atoms with Crippen LogP contribution in [0, 0.1) is 0 Å². The summed E-state index contributed by atoms with van der Waals surface area (Å²) < 4.78 is 0. The number of pyridine rings is 1. The average Bonchev–Trinajstić information content (AvgIpc) is 2.28. The molecule has 0 spiro atoms. The Hall–Kier alpha value is -2.23. The molecule has 0 aliphatic heterocycles.